The van der Waals surface area contributed by atoms with Crippen LogP contribution in [0.5, 0.6) is 17.2 Å². The average molecular weight is 420 g/mol. The van der Waals surface area contributed by atoms with E-state index < -0.39 is 0 Å². The van der Waals surface area contributed by atoms with Crippen LogP contribution >= 0.6 is 0 Å². The Kier molecular flexibility index (Phi) is 5.57. The number of aromatic nitrogens is 5. The zero-order valence-electron chi connectivity index (χ0n) is 18.1. The van der Waals surface area contributed by atoms with Gasteiger partial charge >= 0.3 is 0 Å². The van der Waals surface area contributed by atoms with E-state index in [0.29, 0.717) is 39.9 Å². The van der Waals surface area contributed by atoms with Crippen LogP contribution in [0, 0.1) is 0 Å². The SMILES string of the molecule is COc1cc2ncnc(Nc3cccc(-n4cc(C(C)C)nn4)c3)c2c(OC)c1OC. The van der Waals surface area contributed by atoms with Crippen molar-refractivity contribution in [1.29, 1.82) is 0 Å². The Morgan fingerprint density at radius 3 is 2.45 bits per heavy atom. The molecule has 160 valence electrons. The molecule has 0 saturated carbocycles. The van der Waals surface area contributed by atoms with Gasteiger partial charge in [0.1, 0.15) is 12.1 Å². The summed E-state index contributed by atoms with van der Waals surface area (Å²) in [5.41, 5.74) is 3.32. The van der Waals surface area contributed by atoms with Gasteiger partial charge in [-0.1, -0.05) is 25.1 Å². The van der Waals surface area contributed by atoms with E-state index >= 15 is 0 Å². The number of ether oxygens (including phenoxy) is 3. The highest BCUT2D eigenvalue weighted by Gasteiger charge is 2.20. The molecule has 0 saturated heterocycles. The maximum Gasteiger partial charge on any atom is 0.204 e. The maximum atomic E-state index is 5.64. The molecule has 2 aromatic heterocycles. The molecule has 1 N–H and O–H groups in total. The van der Waals surface area contributed by atoms with Crippen molar-refractivity contribution in [2.75, 3.05) is 26.6 Å². The summed E-state index contributed by atoms with van der Waals surface area (Å²) >= 11 is 0. The van der Waals surface area contributed by atoms with Gasteiger partial charge in [-0.15, -0.1) is 5.10 Å². The third-order valence-electron chi connectivity index (χ3n) is 4.91. The molecule has 0 atom stereocenters. The van der Waals surface area contributed by atoms with Gasteiger partial charge in [0, 0.05) is 11.8 Å². The molecule has 9 nitrogen and oxygen atoms in total. The minimum absolute atomic E-state index is 0.307. The lowest BCUT2D eigenvalue weighted by molar-refractivity contribution is 0.327. The van der Waals surface area contributed by atoms with Crippen LogP contribution < -0.4 is 19.5 Å². The fraction of sp³-hybridized carbons (Fsp3) is 0.273. The minimum atomic E-state index is 0.307. The monoisotopic (exact) mass is 420 g/mol. The van der Waals surface area contributed by atoms with Gasteiger partial charge in [-0.2, -0.15) is 0 Å². The molecule has 0 radical (unpaired) electrons. The fourth-order valence-electron chi connectivity index (χ4n) is 3.31. The third kappa shape index (κ3) is 3.81. The molecule has 2 heterocycles. The maximum absolute atomic E-state index is 5.64. The third-order valence-corrected chi connectivity index (χ3v) is 4.91. The first-order valence-corrected chi connectivity index (χ1v) is 9.79. The molecule has 0 fully saturated rings. The number of nitrogens with one attached hydrogen (secondary N) is 1. The fourth-order valence-corrected chi connectivity index (χ4v) is 3.31. The van der Waals surface area contributed by atoms with E-state index in [0.717, 1.165) is 17.1 Å². The van der Waals surface area contributed by atoms with Crippen molar-refractivity contribution >= 4 is 22.4 Å². The number of benzene rings is 2. The Labute approximate surface area is 180 Å². The zero-order valence-corrected chi connectivity index (χ0v) is 18.1. The summed E-state index contributed by atoms with van der Waals surface area (Å²) < 4.78 is 18.3. The van der Waals surface area contributed by atoms with Gasteiger partial charge in [-0.3, -0.25) is 0 Å². The van der Waals surface area contributed by atoms with Crippen LogP contribution in [-0.2, 0) is 0 Å². The van der Waals surface area contributed by atoms with E-state index in [-0.39, 0.29) is 0 Å². The van der Waals surface area contributed by atoms with Crippen LogP contribution in [0.15, 0.2) is 42.9 Å². The van der Waals surface area contributed by atoms with Crippen molar-refractivity contribution in [1.82, 2.24) is 25.0 Å². The molecule has 0 aliphatic carbocycles. The van der Waals surface area contributed by atoms with Gasteiger partial charge in [0.2, 0.25) is 5.75 Å². The molecular weight excluding hydrogens is 396 g/mol. The molecule has 4 aromatic rings. The number of nitrogens with zero attached hydrogens (tertiary/aromatic N) is 5. The minimum Gasteiger partial charge on any atom is -0.493 e. The molecule has 0 amide bonds. The smallest absolute Gasteiger partial charge is 0.204 e. The highest BCUT2D eigenvalue weighted by molar-refractivity contribution is 5.99. The normalized spacial score (nSPS) is 11.0. The molecule has 0 bridgehead atoms. The van der Waals surface area contributed by atoms with Gasteiger partial charge in [-0.25, -0.2) is 14.6 Å². The van der Waals surface area contributed by atoms with Gasteiger partial charge in [0.05, 0.1) is 49.8 Å². The second-order valence-corrected chi connectivity index (χ2v) is 7.18. The Hall–Kier alpha value is -3.88. The largest absolute Gasteiger partial charge is 0.493 e. The lowest BCUT2D eigenvalue weighted by Gasteiger charge is -2.16. The summed E-state index contributed by atoms with van der Waals surface area (Å²) in [6.45, 7) is 4.17. The molecule has 31 heavy (non-hydrogen) atoms. The van der Waals surface area contributed by atoms with Crippen molar-refractivity contribution in [2.24, 2.45) is 0 Å². The Morgan fingerprint density at radius 1 is 0.968 bits per heavy atom. The summed E-state index contributed by atoms with van der Waals surface area (Å²) in [6, 6.07) is 9.63. The first kappa shape index (κ1) is 20.4. The summed E-state index contributed by atoms with van der Waals surface area (Å²) in [4.78, 5) is 8.81. The molecule has 0 unspecified atom stereocenters. The topological polar surface area (TPSA) is 96.2 Å². The Balaban J connectivity index is 1.77. The number of hydrogen-bond donors (Lipinski definition) is 1. The van der Waals surface area contributed by atoms with E-state index in [1.54, 1.807) is 32.1 Å². The number of anilines is 2. The molecule has 9 heteroatoms. The van der Waals surface area contributed by atoms with Crippen molar-refractivity contribution in [3.05, 3.63) is 48.5 Å². The molecule has 0 spiro atoms. The lowest BCUT2D eigenvalue weighted by atomic mass is 10.1. The number of methoxy groups -OCH3 is 3. The predicted octanol–water partition coefficient (Wildman–Crippen LogP) is 4.10. The molecule has 0 aliphatic heterocycles. The van der Waals surface area contributed by atoms with Crippen LogP contribution in [0.25, 0.3) is 16.6 Å². The van der Waals surface area contributed by atoms with E-state index in [2.05, 4.69) is 39.4 Å². The highest BCUT2D eigenvalue weighted by atomic mass is 16.5. The van der Waals surface area contributed by atoms with E-state index in [1.807, 2.05) is 30.5 Å². The Morgan fingerprint density at radius 2 is 1.77 bits per heavy atom. The number of rotatable bonds is 7. The van der Waals surface area contributed by atoms with Crippen molar-refractivity contribution < 1.29 is 14.2 Å². The predicted molar refractivity (Wildman–Crippen MR) is 118 cm³/mol. The van der Waals surface area contributed by atoms with Crippen molar-refractivity contribution in [3.8, 4) is 22.9 Å². The van der Waals surface area contributed by atoms with Crippen LogP contribution in [0.2, 0.25) is 0 Å². The van der Waals surface area contributed by atoms with E-state index in [1.165, 1.54) is 6.33 Å². The first-order valence-electron chi connectivity index (χ1n) is 9.79. The first-order chi connectivity index (χ1) is 15.0. The van der Waals surface area contributed by atoms with Crippen LogP contribution in [0.4, 0.5) is 11.5 Å². The van der Waals surface area contributed by atoms with Gasteiger partial charge in [0.25, 0.3) is 0 Å². The second-order valence-electron chi connectivity index (χ2n) is 7.18. The summed E-state index contributed by atoms with van der Waals surface area (Å²) in [5.74, 6) is 2.40. The summed E-state index contributed by atoms with van der Waals surface area (Å²) in [5, 5.41) is 12.5. The number of fused-ring (bicyclic) bond motifs is 1. The van der Waals surface area contributed by atoms with Gasteiger partial charge in [-0.05, 0) is 24.1 Å². The standard InChI is InChI=1S/C22H24N6O3/c1-13(2)17-11-28(27-26-17)15-8-6-7-14(9-15)25-22-19-16(23-12-24-22)10-18(29-3)20(30-4)21(19)31-5/h6-13H,1-5H3,(H,23,24,25). The molecule has 4 rings (SSSR count). The second kappa shape index (κ2) is 8.47. The Bertz CT molecular complexity index is 1220. The molecule has 0 aliphatic rings. The highest BCUT2D eigenvalue weighted by Crippen LogP contribution is 2.45. The van der Waals surface area contributed by atoms with Gasteiger partial charge < -0.3 is 19.5 Å². The van der Waals surface area contributed by atoms with E-state index in [4.69, 9.17) is 14.2 Å². The summed E-state index contributed by atoms with van der Waals surface area (Å²) in [6.07, 6.45) is 3.43. The average Bonchev–Trinajstić information content (AvgIpc) is 3.29. The quantitative estimate of drug-likeness (QED) is 0.477. The zero-order chi connectivity index (χ0) is 22.0. The van der Waals surface area contributed by atoms with Crippen molar-refractivity contribution in [3.63, 3.8) is 0 Å². The summed E-state index contributed by atoms with van der Waals surface area (Å²) in [7, 11) is 4.71. The van der Waals surface area contributed by atoms with Gasteiger partial charge in [0.15, 0.2) is 11.5 Å². The van der Waals surface area contributed by atoms with Crippen LogP contribution in [0.1, 0.15) is 25.5 Å². The lowest BCUT2D eigenvalue weighted by Crippen LogP contribution is -2.02. The van der Waals surface area contributed by atoms with Crippen LogP contribution in [0.3, 0.4) is 0 Å². The van der Waals surface area contributed by atoms with E-state index in [9.17, 15) is 0 Å². The number of hydrogen-bond acceptors (Lipinski definition) is 8. The van der Waals surface area contributed by atoms with Crippen molar-refractivity contribution in [2.45, 2.75) is 19.8 Å². The molecule has 2 aromatic carbocycles. The van der Waals surface area contributed by atoms with Crippen LogP contribution in [-0.4, -0.2) is 46.3 Å². The molecular formula is C22H24N6O3.